The van der Waals surface area contributed by atoms with Crippen molar-refractivity contribution in [2.24, 2.45) is 0 Å². The van der Waals surface area contributed by atoms with Gasteiger partial charge in [-0.3, -0.25) is 4.79 Å². The molecule has 0 aliphatic heterocycles. The second kappa shape index (κ2) is 8.82. The molecule has 8 nitrogen and oxygen atoms in total. The highest BCUT2D eigenvalue weighted by Crippen LogP contribution is 2.17. The minimum absolute atomic E-state index is 0.0252. The van der Waals surface area contributed by atoms with E-state index in [0.29, 0.717) is 5.69 Å². The molecular formula is C18H21N2O6+. The number of quaternary nitrogens is 1. The SMILES string of the molecule is COC(=O)c1cc(NC(=O)C[NH2+][C@H](C)c2ccco2)cc(C(=O)OC)c1. The number of carbonyl (C=O) groups excluding carboxylic acids is 3. The lowest BCUT2D eigenvalue weighted by atomic mass is 10.1. The molecule has 0 unspecified atom stereocenters. The molecule has 0 radical (unpaired) electrons. The number of furan rings is 1. The van der Waals surface area contributed by atoms with Crippen molar-refractivity contribution in [1.82, 2.24) is 0 Å². The van der Waals surface area contributed by atoms with Crippen LogP contribution in [0.4, 0.5) is 5.69 Å². The highest BCUT2D eigenvalue weighted by molar-refractivity contribution is 5.99. The van der Waals surface area contributed by atoms with Gasteiger partial charge >= 0.3 is 11.9 Å². The van der Waals surface area contributed by atoms with Gasteiger partial charge in [0.1, 0.15) is 6.04 Å². The van der Waals surface area contributed by atoms with Gasteiger partial charge < -0.3 is 24.5 Å². The predicted molar refractivity (Wildman–Crippen MR) is 91.7 cm³/mol. The third-order valence-electron chi connectivity index (χ3n) is 3.71. The lowest BCUT2D eigenvalue weighted by Gasteiger charge is -2.11. The van der Waals surface area contributed by atoms with Crippen LogP contribution in [-0.4, -0.2) is 38.6 Å². The molecule has 2 aromatic rings. The van der Waals surface area contributed by atoms with Crippen LogP contribution in [0.3, 0.4) is 0 Å². The number of methoxy groups -OCH3 is 2. The molecule has 0 aliphatic carbocycles. The van der Waals surface area contributed by atoms with Gasteiger partial charge in [-0.1, -0.05) is 0 Å². The first-order chi connectivity index (χ1) is 12.4. The Kier molecular flexibility index (Phi) is 6.51. The number of carbonyl (C=O) groups is 3. The number of hydrogen-bond acceptors (Lipinski definition) is 6. The quantitative estimate of drug-likeness (QED) is 0.715. The third kappa shape index (κ3) is 4.93. The van der Waals surface area contributed by atoms with E-state index in [1.165, 1.54) is 32.4 Å². The highest BCUT2D eigenvalue weighted by Gasteiger charge is 2.17. The first-order valence-corrected chi connectivity index (χ1v) is 7.93. The molecule has 1 aromatic heterocycles. The Hall–Kier alpha value is -3.13. The summed E-state index contributed by atoms with van der Waals surface area (Å²) in [7, 11) is 2.47. The van der Waals surface area contributed by atoms with Gasteiger partial charge in [0, 0.05) is 5.69 Å². The van der Waals surface area contributed by atoms with E-state index in [9.17, 15) is 14.4 Å². The maximum Gasteiger partial charge on any atom is 0.337 e. The van der Waals surface area contributed by atoms with Crippen LogP contribution in [0.25, 0.3) is 0 Å². The van der Waals surface area contributed by atoms with Gasteiger partial charge in [-0.05, 0) is 37.3 Å². The Bertz CT molecular complexity index is 751. The summed E-state index contributed by atoms with van der Waals surface area (Å²) in [5, 5.41) is 4.47. The summed E-state index contributed by atoms with van der Waals surface area (Å²) < 4.78 is 14.6. The summed E-state index contributed by atoms with van der Waals surface area (Å²) in [6.45, 7) is 2.05. The van der Waals surface area contributed by atoms with Crippen molar-refractivity contribution in [2.75, 3.05) is 26.1 Å². The molecule has 0 spiro atoms. The highest BCUT2D eigenvalue weighted by atomic mass is 16.5. The van der Waals surface area contributed by atoms with Crippen molar-refractivity contribution in [3.05, 3.63) is 53.5 Å². The number of ether oxygens (including phenoxy) is 2. The Morgan fingerprint density at radius 1 is 1.12 bits per heavy atom. The summed E-state index contributed by atoms with van der Waals surface area (Å²) in [5.41, 5.74) is 0.578. The molecule has 0 fully saturated rings. The summed E-state index contributed by atoms with van der Waals surface area (Å²) in [6, 6.07) is 7.81. The lowest BCUT2D eigenvalue weighted by Crippen LogP contribution is -2.86. The molecule has 0 saturated carbocycles. The fraction of sp³-hybridized carbons (Fsp3) is 0.278. The molecule has 0 aliphatic rings. The van der Waals surface area contributed by atoms with Gasteiger partial charge in [-0.25, -0.2) is 9.59 Å². The Morgan fingerprint density at radius 2 is 1.73 bits per heavy atom. The molecular weight excluding hydrogens is 340 g/mol. The van der Waals surface area contributed by atoms with Crippen LogP contribution in [0.5, 0.6) is 0 Å². The monoisotopic (exact) mass is 361 g/mol. The van der Waals surface area contributed by atoms with Gasteiger partial charge in [-0.2, -0.15) is 0 Å². The smallest absolute Gasteiger partial charge is 0.337 e. The zero-order valence-corrected chi connectivity index (χ0v) is 14.8. The van der Waals surface area contributed by atoms with E-state index < -0.39 is 11.9 Å². The molecule has 3 N–H and O–H groups in total. The van der Waals surface area contributed by atoms with E-state index in [1.807, 2.05) is 13.0 Å². The number of rotatable bonds is 7. The molecule has 0 bridgehead atoms. The van der Waals surface area contributed by atoms with Gasteiger partial charge in [0.2, 0.25) is 0 Å². The zero-order chi connectivity index (χ0) is 19.1. The van der Waals surface area contributed by atoms with Crippen molar-refractivity contribution in [3.8, 4) is 0 Å². The van der Waals surface area contributed by atoms with E-state index in [0.717, 1.165) is 5.76 Å². The Balaban J connectivity index is 2.08. The minimum atomic E-state index is -0.621. The molecule has 2 rings (SSSR count). The van der Waals surface area contributed by atoms with E-state index in [-0.39, 0.29) is 29.6 Å². The van der Waals surface area contributed by atoms with E-state index in [2.05, 4.69) is 14.8 Å². The largest absolute Gasteiger partial charge is 0.465 e. The van der Waals surface area contributed by atoms with Crippen molar-refractivity contribution < 1.29 is 33.6 Å². The topological polar surface area (TPSA) is 111 Å². The predicted octanol–water partition coefficient (Wildman–Crippen LogP) is 1.12. The van der Waals surface area contributed by atoms with Crippen molar-refractivity contribution in [2.45, 2.75) is 13.0 Å². The number of benzene rings is 1. The first-order valence-electron chi connectivity index (χ1n) is 7.93. The molecule has 1 amide bonds. The van der Waals surface area contributed by atoms with Crippen molar-refractivity contribution in [3.63, 3.8) is 0 Å². The molecule has 26 heavy (non-hydrogen) atoms. The van der Waals surface area contributed by atoms with E-state index in [1.54, 1.807) is 17.6 Å². The maximum atomic E-state index is 12.2. The van der Waals surface area contributed by atoms with Crippen LogP contribution in [0.1, 0.15) is 39.4 Å². The number of anilines is 1. The third-order valence-corrected chi connectivity index (χ3v) is 3.71. The molecule has 1 aromatic carbocycles. The lowest BCUT2D eigenvalue weighted by molar-refractivity contribution is -0.684. The van der Waals surface area contributed by atoms with Crippen LogP contribution >= 0.6 is 0 Å². The summed E-state index contributed by atoms with van der Waals surface area (Å²) in [4.78, 5) is 35.7. The van der Waals surface area contributed by atoms with Crippen LogP contribution in [-0.2, 0) is 14.3 Å². The van der Waals surface area contributed by atoms with Gasteiger partial charge in [0.05, 0.1) is 31.6 Å². The average Bonchev–Trinajstić information content (AvgIpc) is 3.19. The van der Waals surface area contributed by atoms with Crippen LogP contribution < -0.4 is 10.6 Å². The number of esters is 2. The number of hydrogen-bond donors (Lipinski definition) is 2. The summed E-state index contributed by atoms with van der Waals surface area (Å²) in [5.74, 6) is -0.770. The van der Waals surface area contributed by atoms with Crippen LogP contribution in [0, 0.1) is 0 Å². The van der Waals surface area contributed by atoms with Crippen LogP contribution in [0.2, 0.25) is 0 Å². The maximum absolute atomic E-state index is 12.2. The van der Waals surface area contributed by atoms with Crippen molar-refractivity contribution >= 4 is 23.5 Å². The second-order valence-electron chi connectivity index (χ2n) is 5.57. The van der Waals surface area contributed by atoms with E-state index in [4.69, 9.17) is 4.42 Å². The average molecular weight is 361 g/mol. The fourth-order valence-electron chi connectivity index (χ4n) is 2.33. The second-order valence-corrected chi connectivity index (χ2v) is 5.57. The first kappa shape index (κ1) is 19.2. The number of amides is 1. The minimum Gasteiger partial charge on any atom is -0.465 e. The summed E-state index contributed by atoms with van der Waals surface area (Å²) in [6.07, 6.45) is 1.58. The van der Waals surface area contributed by atoms with Gasteiger partial charge in [0.15, 0.2) is 12.3 Å². The molecule has 1 heterocycles. The Morgan fingerprint density at radius 3 is 2.23 bits per heavy atom. The van der Waals surface area contributed by atoms with E-state index >= 15 is 0 Å². The number of nitrogens with one attached hydrogen (secondary N) is 1. The normalized spacial score (nSPS) is 11.5. The molecule has 8 heteroatoms. The standard InChI is InChI=1S/C18H20N2O6/c1-11(15-5-4-6-26-15)19-10-16(21)20-14-8-12(17(22)24-2)7-13(9-14)18(23)25-3/h4-9,11,19H,10H2,1-3H3,(H,20,21)/p+1/t11-/m1/s1. The van der Waals surface area contributed by atoms with Gasteiger partial charge in [0.25, 0.3) is 5.91 Å². The molecule has 1 atom stereocenters. The summed E-state index contributed by atoms with van der Waals surface area (Å²) >= 11 is 0. The van der Waals surface area contributed by atoms with Crippen LogP contribution in [0.15, 0.2) is 41.0 Å². The molecule has 0 saturated heterocycles. The van der Waals surface area contributed by atoms with Crippen molar-refractivity contribution in [1.29, 1.82) is 0 Å². The number of nitrogens with two attached hydrogens (primary N) is 1. The fourth-order valence-corrected chi connectivity index (χ4v) is 2.33. The molecule has 138 valence electrons. The zero-order valence-electron chi connectivity index (χ0n) is 14.8. The van der Waals surface area contributed by atoms with Gasteiger partial charge in [-0.15, -0.1) is 0 Å². The Labute approximate surface area is 150 Å².